The van der Waals surface area contributed by atoms with E-state index in [1.165, 1.54) is 4.90 Å². The lowest BCUT2D eigenvalue weighted by Gasteiger charge is -2.18. The largest absolute Gasteiger partial charge is 0.496 e. The van der Waals surface area contributed by atoms with Gasteiger partial charge in [-0.25, -0.2) is 0 Å². The number of aliphatic hydroxyl groups is 1. The lowest BCUT2D eigenvalue weighted by molar-refractivity contribution is -0.897. The van der Waals surface area contributed by atoms with Crippen LogP contribution < -0.4 is 9.64 Å². The van der Waals surface area contributed by atoms with Gasteiger partial charge >= 0.3 is 0 Å². The minimum Gasteiger partial charge on any atom is -0.496 e. The van der Waals surface area contributed by atoms with Crippen molar-refractivity contribution in [3.05, 3.63) is 64.7 Å². The molecule has 0 bridgehead atoms. The molecule has 0 amide bonds. The molecule has 0 saturated carbocycles. The summed E-state index contributed by atoms with van der Waals surface area (Å²) < 4.78 is 10.9. The summed E-state index contributed by atoms with van der Waals surface area (Å²) in [7, 11) is 3.69. The van der Waals surface area contributed by atoms with E-state index in [0.29, 0.717) is 19.8 Å². The zero-order valence-electron chi connectivity index (χ0n) is 14.2. The molecular weight excluding hydrogens is 326 g/mol. The summed E-state index contributed by atoms with van der Waals surface area (Å²) in [5, 5.41) is 10.9. The van der Waals surface area contributed by atoms with Gasteiger partial charge in [0.1, 0.15) is 24.9 Å². The van der Waals surface area contributed by atoms with E-state index in [1.54, 1.807) is 7.11 Å². The fourth-order valence-corrected chi connectivity index (χ4v) is 2.87. The molecule has 1 unspecified atom stereocenters. The predicted octanol–water partition coefficient (Wildman–Crippen LogP) is 1.94. The summed E-state index contributed by atoms with van der Waals surface area (Å²) in [4.78, 5) is 1.20. The average molecular weight is 351 g/mol. The van der Waals surface area contributed by atoms with Crippen molar-refractivity contribution in [1.82, 2.24) is 0 Å². The maximum atomic E-state index is 10.2. The third-order valence-corrected chi connectivity index (χ3v) is 3.97. The fourth-order valence-electron chi connectivity index (χ4n) is 2.66. The number of hydrogen-bond donors (Lipinski definition) is 2. The van der Waals surface area contributed by atoms with Gasteiger partial charge in [0.2, 0.25) is 0 Å². The normalized spacial score (nSPS) is 13.5. The van der Waals surface area contributed by atoms with Crippen LogP contribution in [0.3, 0.4) is 0 Å². The van der Waals surface area contributed by atoms with Gasteiger partial charge in [0.15, 0.2) is 0 Å². The molecule has 2 atom stereocenters. The van der Waals surface area contributed by atoms with Gasteiger partial charge in [-0.15, -0.1) is 0 Å². The number of hydrogen-bond acceptors (Lipinski definition) is 3. The molecule has 0 aliphatic heterocycles. The molecule has 0 aliphatic carbocycles. The van der Waals surface area contributed by atoms with Gasteiger partial charge < -0.3 is 19.5 Å². The predicted molar refractivity (Wildman–Crippen MR) is 95.6 cm³/mol. The van der Waals surface area contributed by atoms with E-state index in [9.17, 15) is 5.11 Å². The summed E-state index contributed by atoms with van der Waals surface area (Å²) in [6.07, 6.45) is -0.515. The number of methoxy groups -OCH3 is 1. The maximum absolute atomic E-state index is 10.2. The van der Waals surface area contributed by atoms with Crippen LogP contribution in [0.15, 0.2) is 48.5 Å². The first-order valence-corrected chi connectivity index (χ1v) is 8.39. The summed E-state index contributed by atoms with van der Waals surface area (Å²) in [6.45, 7) is 2.14. The van der Waals surface area contributed by atoms with Crippen LogP contribution in [0.5, 0.6) is 5.75 Å². The molecule has 0 heterocycles. The van der Waals surface area contributed by atoms with Gasteiger partial charge in [-0.05, 0) is 18.2 Å². The summed E-state index contributed by atoms with van der Waals surface area (Å²) >= 11 is 6.00. The van der Waals surface area contributed by atoms with Crippen molar-refractivity contribution in [1.29, 1.82) is 0 Å². The third kappa shape index (κ3) is 6.13. The Labute approximate surface area is 148 Å². The Balaban J connectivity index is 1.73. The first kappa shape index (κ1) is 18.7. The second kappa shape index (κ2) is 9.64. The fraction of sp³-hybridized carbons (Fsp3) is 0.368. The minimum atomic E-state index is -0.515. The number of benzene rings is 2. The topological polar surface area (TPSA) is 43.1 Å². The number of rotatable bonds is 9. The Hall–Kier alpha value is -1.59. The Morgan fingerprint density at radius 3 is 2.71 bits per heavy atom. The van der Waals surface area contributed by atoms with Crippen LogP contribution in [-0.2, 0) is 17.9 Å². The monoisotopic (exact) mass is 350 g/mol. The van der Waals surface area contributed by atoms with Crippen molar-refractivity contribution in [3.63, 3.8) is 0 Å². The number of likely N-dealkylation sites (N-methyl/N-ethyl adjacent to an activating group) is 1. The van der Waals surface area contributed by atoms with Gasteiger partial charge in [-0.2, -0.15) is 0 Å². The van der Waals surface area contributed by atoms with Crippen molar-refractivity contribution in [2.75, 3.05) is 27.3 Å². The molecule has 2 aromatic rings. The highest BCUT2D eigenvalue weighted by atomic mass is 35.5. The molecular formula is C19H25ClNO3+. The Kier molecular flexibility index (Phi) is 7.53. The number of halogens is 1. The molecule has 0 aliphatic rings. The molecule has 4 nitrogen and oxygen atoms in total. The van der Waals surface area contributed by atoms with Crippen molar-refractivity contribution in [3.8, 4) is 5.75 Å². The van der Waals surface area contributed by atoms with Crippen molar-refractivity contribution in [2.24, 2.45) is 0 Å². The highest BCUT2D eigenvalue weighted by Crippen LogP contribution is 2.17. The molecule has 2 aromatic carbocycles. The number of quaternary nitrogens is 1. The van der Waals surface area contributed by atoms with Crippen LogP contribution in [0.2, 0.25) is 5.02 Å². The number of para-hydroxylation sites is 1. The minimum absolute atomic E-state index is 0.297. The molecule has 0 fully saturated rings. The van der Waals surface area contributed by atoms with Crippen molar-refractivity contribution < 1.29 is 19.5 Å². The quantitative estimate of drug-likeness (QED) is 0.726. The average Bonchev–Trinajstić information content (AvgIpc) is 2.55. The molecule has 130 valence electrons. The van der Waals surface area contributed by atoms with Crippen LogP contribution in [0.1, 0.15) is 11.1 Å². The highest BCUT2D eigenvalue weighted by Gasteiger charge is 2.13. The third-order valence-electron chi connectivity index (χ3n) is 3.74. The summed E-state index contributed by atoms with van der Waals surface area (Å²) in [6, 6.07) is 15.5. The zero-order chi connectivity index (χ0) is 17.4. The van der Waals surface area contributed by atoms with Crippen LogP contribution in [0.4, 0.5) is 0 Å². The summed E-state index contributed by atoms with van der Waals surface area (Å²) in [5.41, 5.74) is 2.13. The Bertz CT molecular complexity index is 636. The first-order chi connectivity index (χ1) is 11.6. The van der Waals surface area contributed by atoms with Gasteiger partial charge in [-0.1, -0.05) is 41.9 Å². The second-order valence-electron chi connectivity index (χ2n) is 5.95. The van der Waals surface area contributed by atoms with Gasteiger partial charge in [0.05, 0.1) is 27.4 Å². The number of aliphatic hydroxyl groups excluding tert-OH is 1. The zero-order valence-corrected chi connectivity index (χ0v) is 14.9. The van der Waals surface area contributed by atoms with E-state index in [4.69, 9.17) is 21.1 Å². The molecule has 0 saturated heterocycles. The SMILES string of the molecule is COc1ccccc1COC[C@H](O)C[NH+](C)Cc1cccc(Cl)c1. The second-order valence-corrected chi connectivity index (χ2v) is 6.39. The molecule has 24 heavy (non-hydrogen) atoms. The molecule has 2 N–H and O–H groups in total. The highest BCUT2D eigenvalue weighted by molar-refractivity contribution is 6.30. The lowest BCUT2D eigenvalue weighted by Crippen LogP contribution is -3.08. The molecule has 0 spiro atoms. The van der Waals surface area contributed by atoms with E-state index in [0.717, 1.165) is 28.4 Å². The lowest BCUT2D eigenvalue weighted by atomic mass is 10.2. The van der Waals surface area contributed by atoms with Gasteiger partial charge in [0.25, 0.3) is 0 Å². The number of ether oxygens (including phenoxy) is 2. The van der Waals surface area contributed by atoms with Crippen molar-refractivity contribution >= 4 is 11.6 Å². The van der Waals surface area contributed by atoms with Gasteiger partial charge in [-0.3, -0.25) is 0 Å². The molecule has 5 heteroatoms. The Morgan fingerprint density at radius 2 is 1.96 bits per heavy atom. The summed E-state index contributed by atoms with van der Waals surface area (Å²) in [5.74, 6) is 0.802. The van der Waals surface area contributed by atoms with E-state index in [-0.39, 0.29) is 0 Å². The van der Waals surface area contributed by atoms with E-state index < -0.39 is 6.10 Å². The molecule has 0 radical (unpaired) electrons. The van der Waals surface area contributed by atoms with E-state index in [2.05, 4.69) is 0 Å². The molecule has 0 aromatic heterocycles. The van der Waals surface area contributed by atoms with Crippen LogP contribution >= 0.6 is 11.6 Å². The maximum Gasteiger partial charge on any atom is 0.126 e. The smallest absolute Gasteiger partial charge is 0.126 e. The van der Waals surface area contributed by atoms with Crippen LogP contribution in [0, 0.1) is 0 Å². The Morgan fingerprint density at radius 1 is 1.17 bits per heavy atom. The van der Waals surface area contributed by atoms with Gasteiger partial charge in [0, 0.05) is 16.1 Å². The van der Waals surface area contributed by atoms with E-state index in [1.807, 2.05) is 55.6 Å². The van der Waals surface area contributed by atoms with Crippen LogP contribution in [-0.4, -0.2) is 38.5 Å². The van der Waals surface area contributed by atoms with Crippen molar-refractivity contribution in [2.45, 2.75) is 19.3 Å². The van der Waals surface area contributed by atoms with Crippen LogP contribution in [0.25, 0.3) is 0 Å². The molecule has 2 rings (SSSR count). The van der Waals surface area contributed by atoms with E-state index >= 15 is 0 Å². The number of nitrogens with one attached hydrogen (secondary N) is 1. The first-order valence-electron chi connectivity index (χ1n) is 8.02. The standard InChI is InChI=1S/C19H24ClNO3/c1-21(11-15-6-5-8-17(20)10-15)12-18(22)14-24-13-16-7-3-4-9-19(16)23-2/h3-10,18,22H,11-14H2,1-2H3/p+1/t18-/m1/s1.